The minimum Gasteiger partial charge on any atom is -0.318 e. The van der Waals surface area contributed by atoms with Crippen LogP contribution in [0.4, 0.5) is 0 Å². The van der Waals surface area contributed by atoms with Gasteiger partial charge >= 0.3 is 0 Å². The first-order chi connectivity index (χ1) is 14.5. The fourth-order valence-electron chi connectivity index (χ4n) is 3.43. The van der Waals surface area contributed by atoms with Gasteiger partial charge in [0.05, 0.1) is 5.75 Å². The van der Waals surface area contributed by atoms with E-state index in [9.17, 15) is 4.79 Å². The normalized spacial score (nSPS) is 11.1. The molecule has 4 aromatic rings. The molecule has 0 aliphatic heterocycles. The van der Waals surface area contributed by atoms with Gasteiger partial charge in [0.25, 0.3) is 0 Å². The molecule has 8 heteroatoms. The Kier molecular flexibility index (Phi) is 5.87. The van der Waals surface area contributed by atoms with Crippen LogP contribution in [0.5, 0.6) is 0 Å². The Morgan fingerprint density at radius 2 is 1.77 bits per heavy atom. The average molecular weight is 482 g/mol. The van der Waals surface area contributed by atoms with Crippen molar-refractivity contribution in [3.8, 4) is 17.1 Å². The van der Waals surface area contributed by atoms with Crippen LogP contribution in [0.3, 0.4) is 0 Å². The molecule has 0 radical (unpaired) electrons. The molecule has 0 N–H and O–H groups in total. The highest BCUT2D eigenvalue weighted by Gasteiger charge is 2.19. The summed E-state index contributed by atoms with van der Waals surface area (Å²) in [6.45, 7) is 4.00. The molecule has 3 heterocycles. The van der Waals surface area contributed by atoms with Gasteiger partial charge in [0, 0.05) is 52.1 Å². The third-order valence-electron chi connectivity index (χ3n) is 4.92. The molecule has 30 heavy (non-hydrogen) atoms. The average Bonchev–Trinajstić information content (AvgIpc) is 3.26. The summed E-state index contributed by atoms with van der Waals surface area (Å²) in [6, 6.07) is 13.8. The van der Waals surface area contributed by atoms with E-state index >= 15 is 0 Å². The number of rotatable bonds is 6. The Balaban J connectivity index is 1.52. The number of benzene rings is 1. The van der Waals surface area contributed by atoms with Crippen LogP contribution in [-0.2, 0) is 7.05 Å². The van der Waals surface area contributed by atoms with E-state index in [0.29, 0.717) is 10.9 Å². The molecule has 152 valence electrons. The number of thioether (sulfide) groups is 1. The molecule has 0 aliphatic rings. The number of Topliss-reactive ketones (excluding diaryl/α,β-unsaturated/α-hetero) is 1. The molecule has 0 saturated heterocycles. The van der Waals surface area contributed by atoms with Gasteiger partial charge in [0.1, 0.15) is 0 Å². The monoisotopic (exact) mass is 481 g/mol. The van der Waals surface area contributed by atoms with E-state index in [2.05, 4.69) is 35.7 Å². The summed E-state index contributed by atoms with van der Waals surface area (Å²) in [6.07, 6.45) is 3.45. The van der Waals surface area contributed by atoms with Crippen molar-refractivity contribution in [2.24, 2.45) is 7.05 Å². The molecule has 0 spiro atoms. The first-order valence-electron chi connectivity index (χ1n) is 9.36. The highest BCUT2D eigenvalue weighted by atomic mass is 79.9. The Morgan fingerprint density at radius 3 is 2.47 bits per heavy atom. The maximum atomic E-state index is 13.0. The van der Waals surface area contributed by atoms with Crippen LogP contribution < -0.4 is 0 Å². The van der Waals surface area contributed by atoms with Crippen molar-refractivity contribution in [3.05, 3.63) is 76.3 Å². The zero-order chi connectivity index (χ0) is 21.3. The van der Waals surface area contributed by atoms with Crippen LogP contribution in [0.1, 0.15) is 21.7 Å². The van der Waals surface area contributed by atoms with Crippen LogP contribution in [-0.4, -0.2) is 35.9 Å². The molecule has 0 atom stereocenters. The summed E-state index contributed by atoms with van der Waals surface area (Å²) < 4.78 is 5.03. The second-order valence-corrected chi connectivity index (χ2v) is 8.77. The SMILES string of the molecule is Cc1cc(C(=O)CSc2nnc(-c3ccncc3)n2C)c(C)n1-c1ccc(Br)cc1. The summed E-state index contributed by atoms with van der Waals surface area (Å²) in [5, 5.41) is 9.22. The Morgan fingerprint density at radius 1 is 1.07 bits per heavy atom. The van der Waals surface area contributed by atoms with E-state index in [1.54, 1.807) is 12.4 Å². The number of aromatic nitrogens is 5. The number of halogens is 1. The van der Waals surface area contributed by atoms with Crippen LogP contribution >= 0.6 is 27.7 Å². The van der Waals surface area contributed by atoms with E-state index in [1.807, 2.05) is 67.9 Å². The number of pyridine rings is 1. The number of carbonyl (C=O) groups excluding carboxylic acids is 1. The quantitative estimate of drug-likeness (QED) is 0.285. The fraction of sp³-hybridized carbons (Fsp3) is 0.182. The van der Waals surface area contributed by atoms with Crippen molar-refractivity contribution in [3.63, 3.8) is 0 Å². The van der Waals surface area contributed by atoms with Gasteiger partial charge in [-0.1, -0.05) is 27.7 Å². The molecule has 0 bridgehead atoms. The highest BCUT2D eigenvalue weighted by molar-refractivity contribution is 9.10. The van der Waals surface area contributed by atoms with E-state index < -0.39 is 0 Å². The van der Waals surface area contributed by atoms with Crippen LogP contribution in [0, 0.1) is 13.8 Å². The van der Waals surface area contributed by atoms with E-state index in [0.717, 1.165) is 38.5 Å². The first kappa shape index (κ1) is 20.6. The van der Waals surface area contributed by atoms with E-state index in [1.165, 1.54) is 11.8 Å². The van der Waals surface area contributed by atoms with Crippen molar-refractivity contribution in [1.29, 1.82) is 0 Å². The Hall–Kier alpha value is -2.71. The molecular formula is C22H20BrN5OS. The van der Waals surface area contributed by atoms with Gasteiger partial charge < -0.3 is 9.13 Å². The second-order valence-electron chi connectivity index (χ2n) is 6.91. The predicted molar refractivity (Wildman–Crippen MR) is 122 cm³/mol. The lowest BCUT2D eigenvalue weighted by Gasteiger charge is -2.10. The van der Waals surface area contributed by atoms with Gasteiger partial charge in [-0.05, 0) is 56.3 Å². The maximum Gasteiger partial charge on any atom is 0.191 e. The van der Waals surface area contributed by atoms with Gasteiger partial charge in [-0.15, -0.1) is 10.2 Å². The smallest absolute Gasteiger partial charge is 0.191 e. The zero-order valence-corrected chi connectivity index (χ0v) is 19.2. The third-order valence-corrected chi connectivity index (χ3v) is 6.47. The molecule has 0 fully saturated rings. The number of ketones is 1. The minimum absolute atomic E-state index is 0.0740. The summed E-state index contributed by atoms with van der Waals surface area (Å²) >= 11 is 4.86. The van der Waals surface area contributed by atoms with Crippen molar-refractivity contribution in [1.82, 2.24) is 24.3 Å². The number of hydrogen-bond donors (Lipinski definition) is 0. The number of nitrogens with zero attached hydrogens (tertiary/aromatic N) is 5. The largest absolute Gasteiger partial charge is 0.318 e. The summed E-state index contributed by atoms with van der Waals surface area (Å²) in [5.41, 5.74) is 4.68. The van der Waals surface area contributed by atoms with Crippen LogP contribution in [0.25, 0.3) is 17.1 Å². The summed E-state index contributed by atoms with van der Waals surface area (Å²) in [7, 11) is 1.90. The van der Waals surface area contributed by atoms with Gasteiger partial charge in [0.15, 0.2) is 16.8 Å². The fourth-order valence-corrected chi connectivity index (χ4v) is 4.49. The van der Waals surface area contributed by atoms with Crippen LogP contribution in [0.15, 0.2) is 64.5 Å². The molecular weight excluding hydrogens is 462 g/mol. The maximum absolute atomic E-state index is 13.0. The Labute approximate surface area is 187 Å². The second kappa shape index (κ2) is 8.57. The van der Waals surface area contributed by atoms with Gasteiger partial charge in [0.2, 0.25) is 0 Å². The topological polar surface area (TPSA) is 65.6 Å². The molecule has 0 amide bonds. The van der Waals surface area contributed by atoms with Gasteiger partial charge in [-0.25, -0.2) is 0 Å². The number of hydrogen-bond acceptors (Lipinski definition) is 5. The standard InChI is InChI=1S/C22H20BrN5OS/c1-14-12-19(15(2)28(14)18-6-4-17(23)5-7-18)20(29)13-30-22-26-25-21(27(22)3)16-8-10-24-11-9-16/h4-12H,13H2,1-3H3. The first-order valence-corrected chi connectivity index (χ1v) is 11.1. The molecule has 1 aromatic carbocycles. The molecule has 4 rings (SSSR count). The lowest BCUT2D eigenvalue weighted by atomic mass is 10.2. The molecule has 0 saturated carbocycles. The van der Waals surface area contributed by atoms with Gasteiger partial charge in [-0.2, -0.15) is 0 Å². The molecule has 0 aliphatic carbocycles. The van der Waals surface area contributed by atoms with Crippen LogP contribution in [0.2, 0.25) is 0 Å². The number of carbonyl (C=O) groups is 1. The highest BCUT2D eigenvalue weighted by Crippen LogP contribution is 2.26. The number of aryl methyl sites for hydroxylation is 1. The van der Waals surface area contributed by atoms with Gasteiger partial charge in [-0.3, -0.25) is 9.78 Å². The summed E-state index contributed by atoms with van der Waals surface area (Å²) in [5.74, 6) is 1.12. The van der Waals surface area contributed by atoms with E-state index in [4.69, 9.17) is 0 Å². The predicted octanol–water partition coefficient (Wildman–Crippen LogP) is 5.02. The van der Waals surface area contributed by atoms with E-state index in [-0.39, 0.29) is 5.78 Å². The van der Waals surface area contributed by atoms with Crippen molar-refractivity contribution < 1.29 is 4.79 Å². The molecule has 0 unspecified atom stereocenters. The lowest BCUT2D eigenvalue weighted by Crippen LogP contribution is -2.06. The lowest BCUT2D eigenvalue weighted by molar-refractivity contribution is 0.102. The van der Waals surface area contributed by atoms with Crippen molar-refractivity contribution >= 4 is 33.5 Å². The van der Waals surface area contributed by atoms with Crippen molar-refractivity contribution in [2.75, 3.05) is 5.75 Å². The Bertz CT molecular complexity index is 1200. The minimum atomic E-state index is 0.0740. The third kappa shape index (κ3) is 3.97. The summed E-state index contributed by atoms with van der Waals surface area (Å²) in [4.78, 5) is 17.0. The van der Waals surface area contributed by atoms with Crippen molar-refractivity contribution in [2.45, 2.75) is 19.0 Å². The zero-order valence-electron chi connectivity index (χ0n) is 16.8. The molecule has 6 nitrogen and oxygen atoms in total. The molecule has 3 aromatic heterocycles.